The van der Waals surface area contributed by atoms with Gasteiger partial charge in [-0.05, 0) is 16.3 Å². The van der Waals surface area contributed by atoms with E-state index in [1.807, 2.05) is 42.5 Å². The molecule has 0 spiro atoms. The number of hydrogen-bond acceptors (Lipinski definition) is 4. The van der Waals surface area contributed by atoms with Crippen LogP contribution in [0.1, 0.15) is 24.6 Å². The third-order valence-electron chi connectivity index (χ3n) is 3.60. The lowest BCUT2D eigenvalue weighted by atomic mass is 9.99. The lowest BCUT2D eigenvalue weighted by molar-refractivity contribution is -0.118. The summed E-state index contributed by atoms with van der Waals surface area (Å²) in [5.41, 5.74) is -0.212. The van der Waals surface area contributed by atoms with Crippen molar-refractivity contribution in [2.24, 2.45) is 0 Å². The number of hydrogen-bond donors (Lipinski definition) is 0. The molecule has 0 heterocycles. The fourth-order valence-electron chi connectivity index (χ4n) is 2.49. The van der Waals surface area contributed by atoms with E-state index < -0.39 is 13.3 Å². The van der Waals surface area contributed by atoms with E-state index >= 15 is 0 Å². The fraction of sp³-hybridized carbons (Fsp3) is 0.312. The summed E-state index contributed by atoms with van der Waals surface area (Å²) in [6.07, 6.45) is 0.268. The van der Waals surface area contributed by atoms with Crippen molar-refractivity contribution in [1.29, 1.82) is 0 Å². The standard InChI is InChI=1S/C16H19O4P/c1-4-15(17)16(21(18,19-2)20-3)14-11-7-9-12-8-5-6-10-13(12)14/h5-11,16H,4H2,1-3H3. The highest BCUT2D eigenvalue weighted by Crippen LogP contribution is 2.61. The van der Waals surface area contributed by atoms with Crippen molar-refractivity contribution in [3.63, 3.8) is 0 Å². The number of Topliss-reactive ketones (excluding diaryl/α,β-unsaturated/α-hetero) is 1. The summed E-state index contributed by atoms with van der Waals surface area (Å²) >= 11 is 0. The van der Waals surface area contributed by atoms with Crippen molar-refractivity contribution in [2.75, 3.05) is 14.2 Å². The molecule has 2 rings (SSSR count). The van der Waals surface area contributed by atoms with Crippen LogP contribution in [0.4, 0.5) is 0 Å². The van der Waals surface area contributed by atoms with Crippen LogP contribution in [0.15, 0.2) is 42.5 Å². The molecule has 2 aromatic carbocycles. The quantitative estimate of drug-likeness (QED) is 0.745. The highest BCUT2D eigenvalue weighted by molar-refractivity contribution is 7.55. The summed E-state index contributed by atoms with van der Waals surface area (Å²) in [6, 6.07) is 13.3. The van der Waals surface area contributed by atoms with E-state index in [0.29, 0.717) is 5.56 Å². The van der Waals surface area contributed by atoms with Crippen LogP contribution >= 0.6 is 7.60 Å². The molecule has 1 unspecified atom stereocenters. The van der Waals surface area contributed by atoms with Crippen molar-refractivity contribution < 1.29 is 18.4 Å². The highest BCUT2D eigenvalue weighted by Gasteiger charge is 2.40. The van der Waals surface area contributed by atoms with Gasteiger partial charge in [0.05, 0.1) is 0 Å². The van der Waals surface area contributed by atoms with Crippen LogP contribution in [-0.4, -0.2) is 20.0 Å². The Morgan fingerprint density at radius 1 is 1.10 bits per heavy atom. The van der Waals surface area contributed by atoms with Crippen LogP contribution in [0, 0.1) is 0 Å². The van der Waals surface area contributed by atoms with E-state index in [9.17, 15) is 9.36 Å². The average molecular weight is 306 g/mol. The molecule has 0 bridgehead atoms. The normalized spacial score (nSPS) is 13.3. The Labute approximate surface area is 124 Å². The first-order valence-electron chi connectivity index (χ1n) is 6.79. The number of carbonyl (C=O) groups is 1. The van der Waals surface area contributed by atoms with Gasteiger partial charge >= 0.3 is 7.60 Å². The molecular weight excluding hydrogens is 287 g/mol. The Bertz CT molecular complexity index is 682. The van der Waals surface area contributed by atoms with Crippen LogP contribution in [0.5, 0.6) is 0 Å². The van der Waals surface area contributed by atoms with Gasteiger partial charge in [-0.25, -0.2) is 0 Å². The molecule has 0 N–H and O–H groups in total. The maximum absolute atomic E-state index is 12.8. The lowest BCUT2D eigenvalue weighted by Crippen LogP contribution is -2.14. The summed E-state index contributed by atoms with van der Waals surface area (Å²) in [5, 5.41) is 1.88. The Morgan fingerprint density at radius 2 is 1.71 bits per heavy atom. The Morgan fingerprint density at radius 3 is 2.33 bits per heavy atom. The second-order valence-corrected chi connectivity index (χ2v) is 7.02. The molecule has 0 saturated carbocycles. The van der Waals surface area contributed by atoms with Crippen LogP contribution in [0.2, 0.25) is 0 Å². The molecule has 0 aromatic heterocycles. The first kappa shape index (κ1) is 15.9. The van der Waals surface area contributed by atoms with Gasteiger partial charge in [0.15, 0.2) is 5.78 Å². The predicted octanol–water partition coefficient (Wildman–Crippen LogP) is 4.35. The largest absolute Gasteiger partial charge is 0.344 e. The van der Waals surface area contributed by atoms with Crippen LogP contribution < -0.4 is 0 Å². The molecule has 5 heteroatoms. The minimum absolute atomic E-state index is 0.154. The van der Waals surface area contributed by atoms with E-state index in [4.69, 9.17) is 9.05 Å². The second-order valence-electron chi connectivity index (χ2n) is 4.70. The van der Waals surface area contributed by atoms with Gasteiger partial charge in [0.1, 0.15) is 5.66 Å². The van der Waals surface area contributed by atoms with Crippen LogP contribution in [0.25, 0.3) is 10.8 Å². The van der Waals surface area contributed by atoms with Crippen molar-refractivity contribution in [1.82, 2.24) is 0 Å². The third kappa shape index (κ3) is 2.93. The maximum Gasteiger partial charge on any atom is 0.344 e. The SMILES string of the molecule is CCC(=O)C(c1cccc2ccccc12)P(=O)(OC)OC. The number of rotatable bonds is 6. The fourth-order valence-corrected chi connectivity index (χ4v) is 4.16. The number of ketones is 1. The topological polar surface area (TPSA) is 52.6 Å². The molecule has 0 fully saturated rings. The Kier molecular flexibility index (Phi) is 4.94. The van der Waals surface area contributed by atoms with Crippen molar-refractivity contribution in [3.8, 4) is 0 Å². The molecule has 0 aliphatic heterocycles. The minimum Gasteiger partial charge on any atom is -0.311 e. The van der Waals surface area contributed by atoms with E-state index in [-0.39, 0.29) is 12.2 Å². The van der Waals surface area contributed by atoms with Gasteiger partial charge in [0.2, 0.25) is 0 Å². The first-order valence-corrected chi connectivity index (χ1v) is 8.40. The van der Waals surface area contributed by atoms with Gasteiger partial charge in [-0.2, -0.15) is 0 Å². The summed E-state index contributed by atoms with van der Waals surface area (Å²) in [7, 11) is -0.918. The summed E-state index contributed by atoms with van der Waals surface area (Å²) in [4.78, 5) is 12.4. The van der Waals surface area contributed by atoms with E-state index in [1.54, 1.807) is 6.92 Å². The summed E-state index contributed by atoms with van der Waals surface area (Å²) in [5.74, 6) is -0.154. The number of carbonyl (C=O) groups excluding carboxylic acids is 1. The third-order valence-corrected chi connectivity index (χ3v) is 5.81. The second kappa shape index (κ2) is 6.52. The molecule has 0 aliphatic rings. The molecule has 0 saturated heterocycles. The molecule has 4 nitrogen and oxygen atoms in total. The zero-order chi connectivity index (χ0) is 15.5. The van der Waals surface area contributed by atoms with Gasteiger partial charge in [-0.15, -0.1) is 0 Å². The van der Waals surface area contributed by atoms with Crippen molar-refractivity contribution in [2.45, 2.75) is 19.0 Å². The smallest absolute Gasteiger partial charge is 0.311 e. The van der Waals surface area contributed by atoms with Crippen LogP contribution in [-0.2, 0) is 18.4 Å². The molecule has 0 amide bonds. The zero-order valence-electron chi connectivity index (χ0n) is 12.4. The molecule has 112 valence electrons. The predicted molar refractivity (Wildman–Crippen MR) is 83.6 cm³/mol. The molecule has 21 heavy (non-hydrogen) atoms. The van der Waals surface area contributed by atoms with Gasteiger partial charge < -0.3 is 9.05 Å². The first-order chi connectivity index (χ1) is 10.1. The zero-order valence-corrected chi connectivity index (χ0v) is 13.3. The molecule has 0 radical (unpaired) electrons. The van der Waals surface area contributed by atoms with E-state index in [2.05, 4.69) is 0 Å². The Balaban J connectivity index is 2.70. The summed E-state index contributed by atoms with van der Waals surface area (Å²) in [6.45, 7) is 1.75. The van der Waals surface area contributed by atoms with E-state index in [1.165, 1.54) is 14.2 Å². The monoisotopic (exact) mass is 306 g/mol. The van der Waals surface area contributed by atoms with Crippen LogP contribution in [0.3, 0.4) is 0 Å². The van der Waals surface area contributed by atoms with Gasteiger partial charge in [-0.1, -0.05) is 49.4 Å². The lowest BCUT2D eigenvalue weighted by Gasteiger charge is -2.24. The van der Waals surface area contributed by atoms with Crippen molar-refractivity contribution in [3.05, 3.63) is 48.0 Å². The Hall–Kier alpha value is -1.48. The number of benzene rings is 2. The molecule has 0 aliphatic carbocycles. The maximum atomic E-state index is 12.8. The van der Waals surface area contributed by atoms with Gasteiger partial charge in [0.25, 0.3) is 0 Å². The van der Waals surface area contributed by atoms with Gasteiger partial charge in [-0.3, -0.25) is 9.36 Å². The van der Waals surface area contributed by atoms with E-state index in [0.717, 1.165) is 10.8 Å². The van der Waals surface area contributed by atoms with Crippen molar-refractivity contribution >= 4 is 24.2 Å². The molecule has 1 atom stereocenters. The highest BCUT2D eigenvalue weighted by atomic mass is 31.2. The summed E-state index contributed by atoms with van der Waals surface area (Å²) < 4.78 is 23.0. The minimum atomic E-state index is -3.54. The molecular formula is C16H19O4P. The number of fused-ring (bicyclic) bond motifs is 1. The average Bonchev–Trinajstić information content (AvgIpc) is 2.54. The molecule has 2 aromatic rings. The van der Waals surface area contributed by atoms with Gasteiger partial charge in [0, 0.05) is 20.6 Å².